The fourth-order valence-electron chi connectivity index (χ4n) is 2.06. The van der Waals surface area contributed by atoms with E-state index in [2.05, 4.69) is 0 Å². The van der Waals surface area contributed by atoms with Gasteiger partial charge < -0.3 is 15.2 Å². The molecule has 1 aliphatic rings. The smallest absolute Gasteiger partial charge is 0.350 e. The first kappa shape index (κ1) is 11.7. The van der Waals surface area contributed by atoms with Crippen molar-refractivity contribution in [1.82, 2.24) is 0 Å². The van der Waals surface area contributed by atoms with Crippen molar-refractivity contribution in [2.24, 2.45) is 0 Å². The van der Waals surface area contributed by atoms with Gasteiger partial charge in [0.15, 0.2) is 5.82 Å². The minimum absolute atomic E-state index is 0.0594. The number of nitrogens with two attached hydrogens (primary N) is 1. The van der Waals surface area contributed by atoms with Crippen LogP contribution >= 0.6 is 0 Å². The van der Waals surface area contributed by atoms with Crippen LogP contribution in [0.3, 0.4) is 0 Å². The fraction of sp³-hybridized carbons (Fsp3) is 0.417. The SMILES string of the molecule is CCC1(C(=O)OC)Cc2c(ccc(N)c2F)O1. The first-order chi connectivity index (χ1) is 8.04. The zero-order chi connectivity index (χ0) is 12.6. The number of carbonyl (C=O) groups is 1. The van der Waals surface area contributed by atoms with Gasteiger partial charge in [0.1, 0.15) is 5.75 Å². The first-order valence-corrected chi connectivity index (χ1v) is 5.38. The molecular formula is C12H14FNO3. The van der Waals surface area contributed by atoms with Crippen LogP contribution in [0.4, 0.5) is 10.1 Å². The molecule has 1 aromatic carbocycles. The lowest BCUT2D eigenvalue weighted by molar-refractivity contribution is -0.157. The van der Waals surface area contributed by atoms with Crippen molar-refractivity contribution in [1.29, 1.82) is 0 Å². The van der Waals surface area contributed by atoms with Gasteiger partial charge >= 0.3 is 5.97 Å². The van der Waals surface area contributed by atoms with Crippen molar-refractivity contribution in [2.75, 3.05) is 12.8 Å². The number of carbonyl (C=O) groups excluding carboxylic acids is 1. The van der Waals surface area contributed by atoms with Gasteiger partial charge in [-0.15, -0.1) is 0 Å². The quantitative estimate of drug-likeness (QED) is 0.630. The molecule has 0 aliphatic carbocycles. The molecule has 92 valence electrons. The van der Waals surface area contributed by atoms with E-state index in [9.17, 15) is 9.18 Å². The van der Waals surface area contributed by atoms with Crippen molar-refractivity contribution in [3.8, 4) is 5.75 Å². The van der Waals surface area contributed by atoms with Gasteiger partial charge in [0.2, 0.25) is 5.60 Å². The van der Waals surface area contributed by atoms with Crippen LogP contribution in [0.2, 0.25) is 0 Å². The highest BCUT2D eigenvalue weighted by Gasteiger charge is 2.47. The van der Waals surface area contributed by atoms with Gasteiger partial charge in [-0.3, -0.25) is 0 Å². The van der Waals surface area contributed by atoms with Gasteiger partial charge in [0.25, 0.3) is 0 Å². The van der Waals surface area contributed by atoms with Gasteiger partial charge in [-0.2, -0.15) is 0 Å². The van der Waals surface area contributed by atoms with E-state index in [0.717, 1.165) is 0 Å². The molecule has 1 aliphatic heterocycles. The molecule has 1 aromatic rings. The maximum absolute atomic E-state index is 13.8. The number of fused-ring (bicyclic) bond motifs is 1. The predicted molar refractivity (Wildman–Crippen MR) is 60.2 cm³/mol. The van der Waals surface area contributed by atoms with Crippen LogP contribution in [-0.4, -0.2) is 18.7 Å². The molecule has 0 saturated heterocycles. The third-order valence-electron chi connectivity index (χ3n) is 3.13. The summed E-state index contributed by atoms with van der Waals surface area (Å²) < 4.78 is 24.1. The number of hydrogen-bond donors (Lipinski definition) is 1. The first-order valence-electron chi connectivity index (χ1n) is 5.38. The van der Waals surface area contributed by atoms with Crippen molar-refractivity contribution in [3.63, 3.8) is 0 Å². The predicted octanol–water partition coefficient (Wildman–Crippen LogP) is 1.66. The molecule has 1 heterocycles. The van der Waals surface area contributed by atoms with Crippen molar-refractivity contribution >= 4 is 11.7 Å². The number of nitrogen functional groups attached to an aromatic ring is 1. The normalized spacial score (nSPS) is 21.8. The Balaban J connectivity index is 2.44. The lowest BCUT2D eigenvalue weighted by atomic mass is 9.94. The Hall–Kier alpha value is -1.78. The molecule has 0 radical (unpaired) electrons. The van der Waals surface area contributed by atoms with Gasteiger partial charge in [-0.1, -0.05) is 6.92 Å². The van der Waals surface area contributed by atoms with E-state index in [-0.39, 0.29) is 12.1 Å². The van der Waals surface area contributed by atoms with Crippen LogP contribution in [0.25, 0.3) is 0 Å². The molecule has 0 amide bonds. The van der Waals surface area contributed by atoms with E-state index in [0.29, 0.717) is 17.7 Å². The summed E-state index contributed by atoms with van der Waals surface area (Å²) in [5, 5.41) is 0. The maximum atomic E-state index is 13.8. The summed E-state index contributed by atoms with van der Waals surface area (Å²) in [6.07, 6.45) is 0.566. The summed E-state index contributed by atoms with van der Waals surface area (Å²) in [5.41, 5.74) is 4.77. The van der Waals surface area contributed by atoms with Gasteiger partial charge in [0, 0.05) is 12.0 Å². The average molecular weight is 239 g/mol. The second-order valence-corrected chi connectivity index (χ2v) is 4.06. The van der Waals surface area contributed by atoms with E-state index in [4.69, 9.17) is 15.2 Å². The molecular weight excluding hydrogens is 225 g/mol. The minimum atomic E-state index is -1.12. The molecule has 2 rings (SSSR count). The van der Waals surface area contributed by atoms with E-state index < -0.39 is 17.4 Å². The molecule has 0 bridgehead atoms. The lowest BCUT2D eigenvalue weighted by Crippen LogP contribution is -2.43. The number of methoxy groups -OCH3 is 1. The highest BCUT2D eigenvalue weighted by atomic mass is 19.1. The molecule has 4 nitrogen and oxygen atoms in total. The number of rotatable bonds is 2. The Morgan fingerprint density at radius 3 is 2.94 bits per heavy atom. The number of esters is 1. The molecule has 0 aromatic heterocycles. The van der Waals surface area contributed by atoms with E-state index in [1.807, 2.05) is 0 Å². The van der Waals surface area contributed by atoms with Crippen LogP contribution in [0.5, 0.6) is 5.75 Å². The maximum Gasteiger partial charge on any atom is 0.350 e. The highest BCUT2D eigenvalue weighted by molar-refractivity contribution is 5.82. The van der Waals surface area contributed by atoms with Crippen LogP contribution in [0, 0.1) is 5.82 Å². The Morgan fingerprint density at radius 1 is 1.65 bits per heavy atom. The molecule has 17 heavy (non-hydrogen) atoms. The number of anilines is 1. The van der Waals surface area contributed by atoms with Crippen LogP contribution in [0.15, 0.2) is 12.1 Å². The van der Waals surface area contributed by atoms with Gasteiger partial charge in [-0.25, -0.2) is 9.18 Å². The minimum Gasteiger partial charge on any atom is -0.475 e. The Morgan fingerprint density at radius 2 is 2.35 bits per heavy atom. The highest BCUT2D eigenvalue weighted by Crippen LogP contribution is 2.40. The van der Waals surface area contributed by atoms with E-state index in [1.165, 1.54) is 13.2 Å². The Kier molecular flexibility index (Phi) is 2.69. The number of halogens is 1. The summed E-state index contributed by atoms with van der Waals surface area (Å²) >= 11 is 0. The molecule has 2 N–H and O–H groups in total. The van der Waals surface area contributed by atoms with E-state index in [1.54, 1.807) is 13.0 Å². The molecule has 5 heteroatoms. The fourth-order valence-corrected chi connectivity index (χ4v) is 2.06. The van der Waals surface area contributed by atoms with Crippen molar-refractivity contribution in [3.05, 3.63) is 23.5 Å². The monoisotopic (exact) mass is 239 g/mol. The summed E-state index contributed by atoms with van der Waals surface area (Å²) in [6, 6.07) is 3.01. The van der Waals surface area contributed by atoms with Gasteiger partial charge in [0.05, 0.1) is 12.8 Å². The second kappa shape index (κ2) is 3.91. The van der Waals surface area contributed by atoms with E-state index >= 15 is 0 Å². The lowest BCUT2D eigenvalue weighted by Gasteiger charge is -2.23. The van der Waals surface area contributed by atoms with Gasteiger partial charge in [-0.05, 0) is 18.6 Å². The zero-order valence-corrected chi connectivity index (χ0v) is 9.75. The van der Waals surface area contributed by atoms with Crippen LogP contribution in [0.1, 0.15) is 18.9 Å². The zero-order valence-electron chi connectivity index (χ0n) is 9.75. The Bertz CT molecular complexity index is 475. The molecule has 0 spiro atoms. The number of hydrogen-bond acceptors (Lipinski definition) is 4. The average Bonchev–Trinajstić information content (AvgIpc) is 2.74. The summed E-state index contributed by atoms with van der Waals surface area (Å²) in [7, 11) is 1.29. The molecule has 0 fully saturated rings. The topological polar surface area (TPSA) is 61.5 Å². The largest absolute Gasteiger partial charge is 0.475 e. The standard InChI is InChI=1S/C12H14FNO3/c1-3-12(11(15)16-2)6-7-9(17-12)5-4-8(14)10(7)13/h4-5H,3,6,14H2,1-2H3. The van der Waals surface area contributed by atoms with Crippen LogP contribution < -0.4 is 10.5 Å². The van der Waals surface area contributed by atoms with Crippen molar-refractivity contribution < 1.29 is 18.7 Å². The molecule has 1 atom stereocenters. The summed E-state index contributed by atoms with van der Waals surface area (Å²) in [6.45, 7) is 1.80. The Labute approximate surface area is 98.5 Å². The summed E-state index contributed by atoms with van der Waals surface area (Å²) in [4.78, 5) is 11.7. The number of ether oxygens (including phenoxy) is 2. The summed E-state index contributed by atoms with van der Waals surface area (Å²) in [5.74, 6) is -0.639. The van der Waals surface area contributed by atoms with Crippen molar-refractivity contribution in [2.45, 2.75) is 25.4 Å². The van der Waals surface area contributed by atoms with Crippen LogP contribution in [-0.2, 0) is 16.0 Å². The third kappa shape index (κ3) is 1.62. The molecule has 0 saturated carbocycles. The second-order valence-electron chi connectivity index (χ2n) is 4.06. The number of benzene rings is 1. The molecule has 1 unspecified atom stereocenters. The third-order valence-corrected chi connectivity index (χ3v) is 3.13.